The van der Waals surface area contributed by atoms with E-state index in [1.165, 1.54) is 24.3 Å². The SMILES string of the molecule is O=C(Nc1ccc(F)cc1)[C@H]1CC(=O)N(c2ccc(Cl)cc2)C1. The fourth-order valence-electron chi connectivity index (χ4n) is 2.53. The van der Waals surface area contributed by atoms with Crippen molar-refractivity contribution in [2.45, 2.75) is 6.42 Å². The minimum Gasteiger partial charge on any atom is -0.326 e. The zero-order valence-corrected chi connectivity index (χ0v) is 12.9. The molecule has 1 fully saturated rings. The molecule has 1 aliphatic rings. The van der Waals surface area contributed by atoms with Gasteiger partial charge in [0.05, 0.1) is 5.92 Å². The van der Waals surface area contributed by atoms with E-state index in [4.69, 9.17) is 11.6 Å². The lowest BCUT2D eigenvalue weighted by Crippen LogP contribution is -2.28. The molecule has 3 rings (SSSR count). The summed E-state index contributed by atoms with van der Waals surface area (Å²) in [4.78, 5) is 26.0. The van der Waals surface area contributed by atoms with Crippen LogP contribution in [0.1, 0.15) is 6.42 Å². The van der Waals surface area contributed by atoms with Crippen LogP contribution in [0.2, 0.25) is 5.02 Å². The number of hydrogen-bond acceptors (Lipinski definition) is 2. The van der Waals surface area contributed by atoms with Gasteiger partial charge in [-0.15, -0.1) is 0 Å². The summed E-state index contributed by atoms with van der Waals surface area (Å²) in [5.41, 5.74) is 1.23. The normalized spacial score (nSPS) is 17.4. The van der Waals surface area contributed by atoms with E-state index in [-0.39, 0.29) is 24.1 Å². The molecule has 1 saturated heterocycles. The maximum atomic E-state index is 12.9. The van der Waals surface area contributed by atoms with E-state index in [2.05, 4.69) is 5.32 Å². The van der Waals surface area contributed by atoms with E-state index >= 15 is 0 Å². The summed E-state index contributed by atoms with van der Waals surface area (Å²) >= 11 is 5.84. The molecule has 0 radical (unpaired) electrons. The van der Waals surface area contributed by atoms with Crippen LogP contribution in [0.5, 0.6) is 0 Å². The van der Waals surface area contributed by atoms with Crippen LogP contribution in [0, 0.1) is 11.7 Å². The van der Waals surface area contributed by atoms with Gasteiger partial charge in [0.15, 0.2) is 0 Å². The van der Waals surface area contributed by atoms with E-state index < -0.39 is 5.92 Å². The molecule has 23 heavy (non-hydrogen) atoms. The Hall–Kier alpha value is -2.40. The van der Waals surface area contributed by atoms with Crippen molar-refractivity contribution < 1.29 is 14.0 Å². The molecule has 0 unspecified atom stereocenters. The number of carbonyl (C=O) groups is 2. The summed E-state index contributed by atoms with van der Waals surface area (Å²) in [7, 11) is 0. The molecule has 0 aliphatic carbocycles. The van der Waals surface area contributed by atoms with Gasteiger partial charge in [0.2, 0.25) is 11.8 Å². The van der Waals surface area contributed by atoms with Crippen molar-refractivity contribution in [3.8, 4) is 0 Å². The highest BCUT2D eigenvalue weighted by molar-refractivity contribution is 6.30. The summed E-state index contributed by atoms with van der Waals surface area (Å²) in [6, 6.07) is 12.4. The number of anilines is 2. The van der Waals surface area contributed by atoms with Gasteiger partial charge in [0, 0.05) is 29.4 Å². The molecule has 2 aromatic rings. The van der Waals surface area contributed by atoms with Gasteiger partial charge in [-0.1, -0.05) is 11.6 Å². The second kappa shape index (κ2) is 6.38. The quantitative estimate of drug-likeness (QED) is 0.935. The highest BCUT2D eigenvalue weighted by Gasteiger charge is 2.35. The molecule has 0 spiro atoms. The number of nitrogens with one attached hydrogen (secondary N) is 1. The van der Waals surface area contributed by atoms with E-state index in [1.54, 1.807) is 29.2 Å². The first kappa shape index (κ1) is 15.5. The molecule has 0 aromatic heterocycles. The second-order valence-electron chi connectivity index (χ2n) is 5.38. The topological polar surface area (TPSA) is 49.4 Å². The lowest BCUT2D eigenvalue weighted by Gasteiger charge is -2.16. The van der Waals surface area contributed by atoms with Crippen molar-refractivity contribution in [1.29, 1.82) is 0 Å². The summed E-state index contributed by atoms with van der Waals surface area (Å²) < 4.78 is 12.9. The molecule has 0 bridgehead atoms. The van der Waals surface area contributed by atoms with Crippen molar-refractivity contribution in [2.24, 2.45) is 5.92 Å². The molecule has 1 atom stereocenters. The second-order valence-corrected chi connectivity index (χ2v) is 5.81. The Morgan fingerprint density at radius 3 is 2.43 bits per heavy atom. The fraction of sp³-hybridized carbons (Fsp3) is 0.176. The monoisotopic (exact) mass is 332 g/mol. The van der Waals surface area contributed by atoms with Gasteiger partial charge in [-0.3, -0.25) is 9.59 Å². The van der Waals surface area contributed by atoms with E-state index in [0.29, 0.717) is 17.3 Å². The van der Waals surface area contributed by atoms with Gasteiger partial charge < -0.3 is 10.2 Å². The first-order chi connectivity index (χ1) is 11.0. The van der Waals surface area contributed by atoms with Crippen LogP contribution < -0.4 is 10.2 Å². The Bertz CT molecular complexity index is 731. The van der Waals surface area contributed by atoms with Crippen LogP contribution in [-0.2, 0) is 9.59 Å². The molecule has 1 heterocycles. The average molecular weight is 333 g/mol. The minimum atomic E-state index is -0.441. The van der Waals surface area contributed by atoms with Gasteiger partial charge in [-0.2, -0.15) is 0 Å². The molecule has 1 N–H and O–H groups in total. The van der Waals surface area contributed by atoms with Gasteiger partial charge in [-0.05, 0) is 48.5 Å². The van der Waals surface area contributed by atoms with Crippen molar-refractivity contribution >= 4 is 34.8 Å². The fourth-order valence-corrected chi connectivity index (χ4v) is 2.66. The number of rotatable bonds is 3. The van der Waals surface area contributed by atoms with Gasteiger partial charge in [0.1, 0.15) is 5.82 Å². The Labute approximate surface area is 137 Å². The zero-order valence-electron chi connectivity index (χ0n) is 12.1. The Morgan fingerprint density at radius 2 is 1.78 bits per heavy atom. The predicted molar refractivity (Wildman–Crippen MR) is 86.9 cm³/mol. The van der Waals surface area contributed by atoms with Crippen molar-refractivity contribution in [1.82, 2.24) is 0 Å². The molecule has 2 aromatic carbocycles. The largest absolute Gasteiger partial charge is 0.326 e. The van der Waals surface area contributed by atoms with Crippen LogP contribution in [0.3, 0.4) is 0 Å². The molecule has 4 nitrogen and oxygen atoms in total. The van der Waals surface area contributed by atoms with Crippen molar-refractivity contribution in [3.05, 3.63) is 59.4 Å². The highest BCUT2D eigenvalue weighted by atomic mass is 35.5. The molecular weight excluding hydrogens is 319 g/mol. The molecule has 1 aliphatic heterocycles. The molecule has 6 heteroatoms. The van der Waals surface area contributed by atoms with Crippen LogP contribution in [0.15, 0.2) is 48.5 Å². The number of nitrogens with zero attached hydrogens (tertiary/aromatic N) is 1. The van der Waals surface area contributed by atoms with Gasteiger partial charge in [-0.25, -0.2) is 4.39 Å². The lowest BCUT2D eigenvalue weighted by molar-refractivity contribution is -0.122. The van der Waals surface area contributed by atoms with Crippen LogP contribution in [0.25, 0.3) is 0 Å². The van der Waals surface area contributed by atoms with Crippen molar-refractivity contribution in [2.75, 3.05) is 16.8 Å². The number of halogens is 2. The number of carbonyl (C=O) groups excluding carboxylic acids is 2. The highest BCUT2D eigenvalue weighted by Crippen LogP contribution is 2.27. The summed E-state index contributed by atoms with van der Waals surface area (Å²) in [6.45, 7) is 0.313. The Morgan fingerprint density at radius 1 is 1.13 bits per heavy atom. The summed E-state index contributed by atoms with van der Waals surface area (Å²) in [5.74, 6) is -1.16. The van der Waals surface area contributed by atoms with Crippen LogP contribution in [0.4, 0.5) is 15.8 Å². The number of hydrogen-bond donors (Lipinski definition) is 1. The molecule has 0 saturated carbocycles. The molecule has 118 valence electrons. The van der Waals surface area contributed by atoms with Gasteiger partial charge in [0.25, 0.3) is 0 Å². The van der Waals surface area contributed by atoms with E-state index in [1.807, 2.05) is 0 Å². The smallest absolute Gasteiger partial charge is 0.229 e. The lowest BCUT2D eigenvalue weighted by atomic mass is 10.1. The van der Waals surface area contributed by atoms with Crippen LogP contribution in [-0.4, -0.2) is 18.4 Å². The maximum Gasteiger partial charge on any atom is 0.229 e. The first-order valence-electron chi connectivity index (χ1n) is 7.15. The van der Waals surface area contributed by atoms with E-state index in [9.17, 15) is 14.0 Å². The number of amides is 2. The zero-order chi connectivity index (χ0) is 16.4. The van der Waals surface area contributed by atoms with Crippen molar-refractivity contribution in [3.63, 3.8) is 0 Å². The standard InChI is InChI=1S/C17H14ClFN2O2/c18-12-1-7-15(8-2-12)21-10-11(9-16(21)22)17(23)20-14-5-3-13(19)4-6-14/h1-8,11H,9-10H2,(H,20,23)/t11-/m0/s1. The Balaban J connectivity index is 1.68. The summed E-state index contributed by atoms with van der Waals surface area (Å²) in [6.07, 6.45) is 0.148. The Kier molecular flexibility index (Phi) is 4.30. The van der Waals surface area contributed by atoms with E-state index in [0.717, 1.165) is 5.69 Å². The van der Waals surface area contributed by atoms with Crippen LogP contribution >= 0.6 is 11.6 Å². The summed E-state index contributed by atoms with van der Waals surface area (Å²) in [5, 5.41) is 3.30. The predicted octanol–water partition coefficient (Wildman–Crippen LogP) is 3.47. The minimum absolute atomic E-state index is 0.105. The first-order valence-corrected chi connectivity index (χ1v) is 7.53. The third-order valence-corrected chi connectivity index (χ3v) is 4.00. The maximum absolute atomic E-state index is 12.9. The third kappa shape index (κ3) is 3.51. The average Bonchev–Trinajstić information content (AvgIpc) is 2.92. The van der Waals surface area contributed by atoms with Gasteiger partial charge >= 0.3 is 0 Å². The third-order valence-electron chi connectivity index (χ3n) is 3.75. The number of benzene rings is 2. The molecule has 2 amide bonds. The molecular formula is C17H14ClFN2O2.